The van der Waals surface area contributed by atoms with Crippen LogP contribution in [0.25, 0.3) is 0 Å². The third kappa shape index (κ3) is 3.11. The molecule has 4 heteroatoms. The Morgan fingerprint density at radius 3 is 2.48 bits per heavy atom. The summed E-state index contributed by atoms with van der Waals surface area (Å²) in [6.45, 7) is 0.141. The van der Waals surface area contributed by atoms with Crippen molar-refractivity contribution >= 4 is 5.91 Å². The van der Waals surface area contributed by atoms with Crippen LogP contribution in [0.3, 0.4) is 0 Å². The molecule has 0 atom stereocenters. The largest absolute Gasteiger partial charge is 0.351 e. The van der Waals surface area contributed by atoms with E-state index >= 15 is 0 Å². The minimum atomic E-state index is -0.701. The van der Waals surface area contributed by atoms with Gasteiger partial charge in [-0.3, -0.25) is 4.79 Å². The van der Waals surface area contributed by atoms with Gasteiger partial charge in [-0.2, -0.15) is 0 Å². The minimum Gasteiger partial charge on any atom is -0.351 e. The summed E-state index contributed by atoms with van der Waals surface area (Å²) in [4.78, 5) is 12.8. The van der Waals surface area contributed by atoms with Crippen molar-refractivity contribution in [2.75, 3.05) is 0 Å². The van der Waals surface area contributed by atoms with Crippen molar-refractivity contribution in [2.45, 2.75) is 37.6 Å². The first-order valence-electron chi connectivity index (χ1n) is 7.90. The van der Waals surface area contributed by atoms with Gasteiger partial charge < -0.3 is 5.32 Å². The second kappa shape index (κ2) is 6.49. The van der Waals surface area contributed by atoms with Gasteiger partial charge in [0.2, 0.25) is 5.91 Å². The third-order valence-corrected chi connectivity index (χ3v) is 4.67. The second-order valence-corrected chi connectivity index (χ2v) is 6.07. The predicted molar refractivity (Wildman–Crippen MR) is 84.8 cm³/mol. The Morgan fingerprint density at radius 1 is 1.04 bits per heavy atom. The molecule has 23 heavy (non-hydrogen) atoms. The van der Waals surface area contributed by atoms with Gasteiger partial charge >= 0.3 is 0 Å². The predicted octanol–water partition coefficient (Wildman–Crippen LogP) is 4.09. The van der Waals surface area contributed by atoms with Crippen LogP contribution >= 0.6 is 0 Å². The molecule has 120 valence electrons. The van der Waals surface area contributed by atoms with Gasteiger partial charge in [-0.05, 0) is 36.6 Å². The van der Waals surface area contributed by atoms with E-state index in [0.29, 0.717) is 24.0 Å². The summed E-state index contributed by atoms with van der Waals surface area (Å²) in [6.07, 6.45) is 3.26. The quantitative estimate of drug-likeness (QED) is 0.904. The monoisotopic (exact) mass is 315 g/mol. The first-order chi connectivity index (χ1) is 11.1. The summed E-state index contributed by atoms with van der Waals surface area (Å²) >= 11 is 0. The molecule has 2 aromatic rings. The maximum Gasteiger partial charge on any atom is 0.230 e. The molecule has 1 amide bonds. The molecule has 0 aromatic heterocycles. The zero-order chi connectivity index (χ0) is 16.3. The van der Waals surface area contributed by atoms with Crippen LogP contribution in [-0.4, -0.2) is 5.91 Å². The Bertz CT molecular complexity index is 708. The fraction of sp³-hybridized carbons (Fsp3) is 0.316. The van der Waals surface area contributed by atoms with Crippen molar-refractivity contribution < 1.29 is 13.6 Å². The average Bonchev–Trinajstić information content (AvgIpc) is 3.05. The maximum absolute atomic E-state index is 13.7. The Morgan fingerprint density at radius 2 is 1.78 bits per heavy atom. The summed E-state index contributed by atoms with van der Waals surface area (Å²) in [5, 5.41) is 2.84. The van der Waals surface area contributed by atoms with E-state index in [4.69, 9.17) is 0 Å². The van der Waals surface area contributed by atoms with Gasteiger partial charge in [0.15, 0.2) is 0 Å². The Hall–Kier alpha value is -2.23. The number of nitrogens with one attached hydrogen (secondary N) is 1. The van der Waals surface area contributed by atoms with Gasteiger partial charge in [0.1, 0.15) is 11.6 Å². The molecular formula is C19H19F2NO. The number of halogens is 2. The van der Waals surface area contributed by atoms with Gasteiger partial charge in [-0.15, -0.1) is 0 Å². The lowest BCUT2D eigenvalue weighted by atomic mass is 9.78. The van der Waals surface area contributed by atoms with E-state index in [2.05, 4.69) is 5.32 Å². The van der Waals surface area contributed by atoms with E-state index < -0.39 is 5.41 Å². The topological polar surface area (TPSA) is 29.1 Å². The number of benzene rings is 2. The number of hydrogen-bond acceptors (Lipinski definition) is 1. The smallest absolute Gasteiger partial charge is 0.230 e. The van der Waals surface area contributed by atoms with Gasteiger partial charge in [-0.1, -0.05) is 43.2 Å². The van der Waals surface area contributed by atoms with Crippen molar-refractivity contribution in [2.24, 2.45) is 0 Å². The average molecular weight is 315 g/mol. The van der Waals surface area contributed by atoms with Crippen LogP contribution in [-0.2, 0) is 16.8 Å². The normalized spacial score (nSPS) is 16.3. The standard InChI is InChI=1S/C19H19F2NO/c20-16-8-5-7-15(12-16)19(10-3-4-11-19)18(23)22-13-14-6-1-2-9-17(14)21/h1-2,5-9,12H,3-4,10-11,13H2,(H,22,23). The molecule has 0 unspecified atom stereocenters. The zero-order valence-electron chi connectivity index (χ0n) is 12.8. The lowest BCUT2D eigenvalue weighted by molar-refractivity contribution is -0.126. The molecule has 1 aliphatic rings. The second-order valence-electron chi connectivity index (χ2n) is 6.07. The SMILES string of the molecule is O=C(NCc1ccccc1F)C1(c2cccc(F)c2)CCCC1. The fourth-order valence-electron chi connectivity index (χ4n) is 3.40. The van der Waals surface area contributed by atoms with E-state index in [-0.39, 0.29) is 24.1 Å². The van der Waals surface area contributed by atoms with E-state index in [0.717, 1.165) is 12.8 Å². The third-order valence-electron chi connectivity index (χ3n) is 4.67. The summed E-state index contributed by atoms with van der Waals surface area (Å²) in [7, 11) is 0. The number of carbonyl (C=O) groups excluding carboxylic acids is 1. The molecule has 1 N–H and O–H groups in total. The van der Waals surface area contributed by atoms with Crippen LogP contribution in [0, 0.1) is 11.6 Å². The molecule has 3 rings (SSSR count). The number of amides is 1. The first kappa shape index (κ1) is 15.7. The summed E-state index contributed by atoms with van der Waals surface area (Å²) < 4.78 is 27.3. The van der Waals surface area contributed by atoms with Gasteiger partial charge in [-0.25, -0.2) is 8.78 Å². The highest BCUT2D eigenvalue weighted by molar-refractivity contribution is 5.88. The summed E-state index contributed by atoms with van der Waals surface area (Å²) in [5.41, 5.74) is 0.460. The number of rotatable bonds is 4. The van der Waals surface area contributed by atoms with Crippen molar-refractivity contribution in [1.29, 1.82) is 0 Å². The van der Waals surface area contributed by atoms with Crippen LogP contribution in [0.1, 0.15) is 36.8 Å². The molecule has 0 bridgehead atoms. The molecular weight excluding hydrogens is 296 g/mol. The molecule has 1 saturated carbocycles. The van der Waals surface area contributed by atoms with Gasteiger partial charge in [0, 0.05) is 12.1 Å². The molecule has 2 nitrogen and oxygen atoms in total. The highest BCUT2D eigenvalue weighted by Crippen LogP contribution is 2.41. The zero-order valence-corrected chi connectivity index (χ0v) is 12.8. The maximum atomic E-state index is 13.7. The van der Waals surface area contributed by atoms with Crippen LogP contribution < -0.4 is 5.32 Å². The summed E-state index contributed by atoms with van der Waals surface area (Å²) in [6, 6.07) is 12.6. The van der Waals surface area contributed by atoms with Crippen molar-refractivity contribution in [1.82, 2.24) is 5.32 Å². The van der Waals surface area contributed by atoms with Gasteiger partial charge in [0.25, 0.3) is 0 Å². The highest BCUT2D eigenvalue weighted by Gasteiger charge is 2.42. The highest BCUT2D eigenvalue weighted by atomic mass is 19.1. The fourth-order valence-corrected chi connectivity index (χ4v) is 3.40. The van der Waals surface area contributed by atoms with Crippen molar-refractivity contribution in [3.05, 3.63) is 71.3 Å². The Balaban J connectivity index is 1.81. The number of carbonyl (C=O) groups is 1. The molecule has 0 radical (unpaired) electrons. The van der Waals surface area contributed by atoms with Gasteiger partial charge in [0.05, 0.1) is 5.41 Å². The van der Waals surface area contributed by atoms with E-state index in [1.807, 2.05) is 0 Å². The van der Waals surface area contributed by atoms with E-state index in [9.17, 15) is 13.6 Å². The molecule has 1 aliphatic carbocycles. The van der Waals surface area contributed by atoms with Crippen molar-refractivity contribution in [3.63, 3.8) is 0 Å². The molecule has 0 heterocycles. The van der Waals surface area contributed by atoms with E-state index in [1.54, 1.807) is 30.3 Å². The molecule has 0 aliphatic heterocycles. The molecule has 1 fully saturated rings. The molecule has 2 aromatic carbocycles. The molecule has 0 saturated heterocycles. The lowest BCUT2D eigenvalue weighted by Gasteiger charge is -2.28. The Kier molecular flexibility index (Phi) is 4.42. The van der Waals surface area contributed by atoms with Crippen LogP contribution in [0.15, 0.2) is 48.5 Å². The number of hydrogen-bond donors (Lipinski definition) is 1. The Labute approximate surface area is 134 Å². The summed E-state index contributed by atoms with van der Waals surface area (Å²) in [5.74, 6) is -0.821. The first-order valence-corrected chi connectivity index (χ1v) is 7.90. The van der Waals surface area contributed by atoms with Crippen LogP contribution in [0.4, 0.5) is 8.78 Å². The minimum absolute atomic E-state index is 0.141. The van der Waals surface area contributed by atoms with Crippen LogP contribution in [0.2, 0.25) is 0 Å². The van der Waals surface area contributed by atoms with E-state index in [1.165, 1.54) is 18.2 Å². The van der Waals surface area contributed by atoms with Crippen molar-refractivity contribution in [3.8, 4) is 0 Å². The lowest BCUT2D eigenvalue weighted by Crippen LogP contribution is -2.42. The van der Waals surface area contributed by atoms with Crippen LogP contribution in [0.5, 0.6) is 0 Å². The molecule has 0 spiro atoms.